The number of nitrogens with one attached hydrogen (secondary N) is 1. The van der Waals surface area contributed by atoms with Crippen LogP contribution in [0.15, 0.2) is 0 Å². The first kappa shape index (κ1) is 13.4. The molecule has 0 aliphatic heterocycles. The zero-order valence-electron chi connectivity index (χ0n) is 9.25. The van der Waals surface area contributed by atoms with E-state index in [1.807, 2.05) is 7.05 Å². The molecule has 0 amide bonds. The lowest BCUT2D eigenvalue weighted by Crippen LogP contribution is -2.30. The second kappa shape index (κ2) is 10.5. The van der Waals surface area contributed by atoms with Gasteiger partial charge in [0.25, 0.3) is 0 Å². The first-order valence-corrected chi connectivity index (χ1v) is 5.08. The van der Waals surface area contributed by atoms with Crippen LogP contribution in [0.5, 0.6) is 0 Å². The topological polar surface area (TPSA) is 48.3 Å². The second-order valence-electron chi connectivity index (χ2n) is 3.20. The van der Waals surface area contributed by atoms with E-state index in [1.165, 1.54) is 0 Å². The van der Waals surface area contributed by atoms with E-state index in [2.05, 4.69) is 16.3 Å². The summed E-state index contributed by atoms with van der Waals surface area (Å²) in [4.78, 5) is 2.27. The smallest absolute Gasteiger partial charge is 0.0635 e. The fraction of sp³-hybridized carbons (Fsp3) is 0.900. The summed E-state index contributed by atoms with van der Waals surface area (Å²) in [6, 6.07) is 2.17. The Bertz CT molecular complexity index is 156. The van der Waals surface area contributed by atoms with E-state index >= 15 is 0 Å². The van der Waals surface area contributed by atoms with Gasteiger partial charge in [-0.25, -0.2) is 0 Å². The van der Waals surface area contributed by atoms with Crippen LogP contribution in [-0.4, -0.2) is 51.8 Å². The summed E-state index contributed by atoms with van der Waals surface area (Å²) >= 11 is 0. The van der Waals surface area contributed by atoms with Gasteiger partial charge in [0, 0.05) is 26.6 Å². The van der Waals surface area contributed by atoms with Crippen LogP contribution in [0, 0.1) is 11.3 Å². The molecule has 0 bridgehead atoms. The van der Waals surface area contributed by atoms with Crippen molar-refractivity contribution in [3.05, 3.63) is 0 Å². The fourth-order valence-corrected chi connectivity index (χ4v) is 1.24. The van der Waals surface area contributed by atoms with Crippen molar-refractivity contribution in [2.45, 2.75) is 12.8 Å². The zero-order valence-corrected chi connectivity index (χ0v) is 9.25. The molecule has 0 spiro atoms. The molecule has 14 heavy (non-hydrogen) atoms. The van der Waals surface area contributed by atoms with Crippen LogP contribution in [0.2, 0.25) is 0 Å². The van der Waals surface area contributed by atoms with Crippen molar-refractivity contribution < 1.29 is 4.74 Å². The van der Waals surface area contributed by atoms with Crippen LogP contribution in [-0.2, 0) is 4.74 Å². The number of hydrogen-bond donors (Lipinski definition) is 1. The monoisotopic (exact) mass is 199 g/mol. The predicted octanol–water partition coefficient (Wildman–Crippen LogP) is 0.458. The quantitative estimate of drug-likeness (QED) is 0.548. The van der Waals surface area contributed by atoms with Crippen LogP contribution in [0.3, 0.4) is 0 Å². The maximum absolute atomic E-state index is 8.49. The standard InChI is InChI=1S/C10H21N3O/c1-12-6-4-8-13(7-3-5-11)9-10-14-2/h12H,3-4,6-10H2,1-2H3. The van der Waals surface area contributed by atoms with Gasteiger partial charge < -0.3 is 10.1 Å². The minimum atomic E-state index is 0.600. The predicted molar refractivity (Wildman–Crippen MR) is 57.1 cm³/mol. The summed E-state index contributed by atoms with van der Waals surface area (Å²) in [7, 11) is 3.66. The molecular formula is C10H21N3O. The first-order chi connectivity index (χ1) is 6.85. The Morgan fingerprint density at radius 2 is 2.14 bits per heavy atom. The minimum absolute atomic E-state index is 0.600. The van der Waals surface area contributed by atoms with Gasteiger partial charge in [-0.05, 0) is 26.6 Å². The van der Waals surface area contributed by atoms with Gasteiger partial charge in [-0.1, -0.05) is 0 Å². The van der Waals surface area contributed by atoms with E-state index in [-0.39, 0.29) is 0 Å². The molecule has 0 rings (SSSR count). The molecule has 0 heterocycles. The van der Waals surface area contributed by atoms with Crippen LogP contribution in [0.25, 0.3) is 0 Å². The lowest BCUT2D eigenvalue weighted by atomic mass is 10.3. The number of nitriles is 1. The van der Waals surface area contributed by atoms with Gasteiger partial charge in [0.2, 0.25) is 0 Å². The molecule has 0 fully saturated rings. The summed E-state index contributed by atoms with van der Waals surface area (Å²) in [6.45, 7) is 4.57. The number of methoxy groups -OCH3 is 1. The van der Waals surface area contributed by atoms with E-state index in [0.29, 0.717) is 6.42 Å². The summed E-state index contributed by atoms with van der Waals surface area (Å²) in [5.74, 6) is 0. The van der Waals surface area contributed by atoms with Crippen LogP contribution >= 0.6 is 0 Å². The van der Waals surface area contributed by atoms with E-state index in [4.69, 9.17) is 10.00 Å². The van der Waals surface area contributed by atoms with Gasteiger partial charge in [0.15, 0.2) is 0 Å². The Labute approximate surface area is 86.8 Å². The molecule has 0 aliphatic carbocycles. The third kappa shape index (κ3) is 7.99. The molecule has 0 saturated heterocycles. The van der Waals surface area contributed by atoms with Crippen LogP contribution < -0.4 is 5.32 Å². The molecule has 0 aromatic rings. The van der Waals surface area contributed by atoms with Crippen molar-refractivity contribution in [2.24, 2.45) is 0 Å². The highest BCUT2D eigenvalue weighted by Crippen LogP contribution is 1.93. The molecule has 4 heteroatoms. The Kier molecular flexibility index (Phi) is 9.98. The fourth-order valence-electron chi connectivity index (χ4n) is 1.24. The highest BCUT2D eigenvalue weighted by Gasteiger charge is 2.02. The molecule has 0 radical (unpaired) electrons. The third-order valence-corrected chi connectivity index (χ3v) is 2.05. The lowest BCUT2D eigenvalue weighted by Gasteiger charge is -2.20. The Hall–Kier alpha value is -0.630. The number of hydrogen-bond acceptors (Lipinski definition) is 4. The first-order valence-electron chi connectivity index (χ1n) is 5.08. The largest absolute Gasteiger partial charge is 0.383 e. The molecule has 4 nitrogen and oxygen atoms in total. The molecule has 0 saturated carbocycles. The summed E-state index contributed by atoms with van der Waals surface area (Å²) in [5, 5.41) is 11.6. The maximum atomic E-state index is 8.49. The molecule has 0 aromatic carbocycles. The highest BCUT2D eigenvalue weighted by molar-refractivity contribution is 4.72. The van der Waals surface area contributed by atoms with Crippen molar-refractivity contribution in [2.75, 3.05) is 46.9 Å². The van der Waals surface area contributed by atoms with Gasteiger partial charge >= 0.3 is 0 Å². The van der Waals surface area contributed by atoms with Crippen molar-refractivity contribution in [3.63, 3.8) is 0 Å². The van der Waals surface area contributed by atoms with E-state index in [1.54, 1.807) is 7.11 Å². The Morgan fingerprint density at radius 1 is 1.36 bits per heavy atom. The van der Waals surface area contributed by atoms with Gasteiger partial charge in [-0.15, -0.1) is 0 Å². The minimum Gasteiger partial charge on any atom is -0.383 e. The number of ether oxygens (including phenoxy) is 1. The average Bonchev–Trinajstić information content (AvgIpc) is 2.21. The van der Waals surface area contributed by atoms with Crippen LogP contribution in [0.4, 0.5) is 0 Å². The Balaban J connectivity index is 3.56. The maximum Gasteiger partial charge on any atom is 0.0635 e. The molecule has 0 atom stereocenters. The second-order valence-corrected chi connectivity index (χ2v) is 3.20. The third-order valence-electron chi connectivity index (χ3n) is 2.05. The van der Waals surface area contributed by atoms with Crippen LogP contribution in [0.1, 0.15) is 12.8 Å². The van der Waals surface area contributed by atoms with Gasteiger partial charge in [0.05, 0.1) is 12.7 Å². The summed E-state index contributed by atoms with van der Waals surface area (Å²) in [6.07, 6.45) is 1.72. The average molecular weight is 199 g/mol. The summed E-state index contributed by atoms with van der Waals surface area (Å²) < 4.78 is 5.02. The molecule has 0 unspecified atom stereocenters. The van der Waals surface area contributed by atoms with Crippen molar-refractivity contribution in [1.82, 2.24) is 10.2 Å². The van der Waals surface area contributed by atoms with E-state index in [0.717, 1.165) is 39.2 Å². The van der Waals surface area contributed by atoms with Crippen molar-refractivity contribution in [3.8, 4) is 6.07 Å². The normalized spacial score (nSPS) is 10.4. The Morgan fingerprint density at radius 3 is 2.71 bits per heavy atom. The number of rotatable bonds is 9. The van der Waals surface area contributed by atoms with Crippen molar-refractivity contribution in [1.29, 1.82) is 5.26 Å². The summed E-state index contributed by atoms with van der Waals surface area (Å²) in [5.41, 5.74) is 0. The zero-order chi connectivity index (χ0) is 10.6. The van der Waals surface area contributed by atoms with E-state index < -0.39 is 0 Å². The number of nitrogens with zero attached hydrogens (tertiary/aromatic N) is 2. The molecule has 82 valence electrons. The van der Waals surface area contributed by atoms with Gasteiger partial charge in [-0.3, -0.25) is 4.90 Å². The molecule has 1 N–H and O–H groups in total. The highest BCUT2D eigenvalue weighted by atomic mass is 16.5. The van der Waals surface area contributed by atoms with Gasteiger partial charge in [-0.2, -0.15) is 5.26 Å². The SMILES string of the molecule is CNCCCN(CCC#N)CCOC. The lowest BCUT2D eigenvalue weighted by molar-refractivity contribution is 0.148. The molecule has 0 aliphatic rings. The molecule has 0 aromatic heterocycles. The molecular weight excluding hydrogens is 178 g/mol. The van der Waals surface area contributed by atoms with Gasteiger partial charge in [0.1, 0.15) is 0 Å². The van der Waals surface area contributed by atoms with Crippen molar-refractivity contribution >= 4 is 0 Å². The van der Waals surface area contributed by atoms with E-state index in [9.17, 15) is 0 Å².